The smallest absolute Gasteiger partial charge is 0.416 e. The molecule has 1 heterocycles. The second-order valence-electron chi connectivity index (χ2n) is 6.70. The zero-order chi connectivity index (χ0) is 23.3. The van der Waals surface area contributed by atoms with Crippen LogP contribution in [0.15, 0.2) is 60.8 Å². The number of anilines is 1. The van der Waals surface area contributed by atoms with Crippen molar-refractivity contribution in [3.8, 4) is 0 Å². The highest BCUT2D eigenvalue weighted by atomic mass is 32.1. The predicted molar refractivity (Wildman–Crippen MR) is 117 cm³/mol. The minimum atomic E-state index is -4.48. The van der Waals surface area contributed by atoms with Crippen LogP contribution in [0, 0.1) is 0 Å². The Bertz CT molecular complexity index is 1140. The molecule has 0 saturated heterocycles. The van der Waals surface area contributed by atoms with E-state index in [9.17, 15) is 22.8 Å². The number of esters is 1. The summed E-state index contributed by atoms with van der Waals surface area (Å²) in [5, 5.41) is 5.20. The normalized spacial score (nSPS) is 11.0. The van der Waals surface area contributed by atoms with Crippen LogP contribution < -0.4 is 10.6 Å². The Morgan fingerprint density at radius 3 is 2.47 bits per heavy atom. The summed E-state index contributed by atoms with van der Waals surface area (Å²) in [4.78, 5) is 27.2. The third-order valence-electron chi connectivity index (χ3n) is 4.50. The Morgan fingerprint density at radius 1 is 1.09 bits per heavy atom. The van der Waals surface area contributed by atoms with Gasteiger partial charge in [0.1, 0.15) is 5.69 Å². The van der Waals surface area contributed by atoms with E-state index in [1.165, 1.54) is 19.4 Å². The number of methoxy groups -OCH3 is 1. The third kappa shape index (κ3) is 5.52. The second kappa shape index (κ2) is 9.65. The van der Waals surface area contributed by atoms with Gasteiger partial charge in [-0.05, 0) is 41.5 Å². The van der Waals surface area contributed by atoms with Crippen molar-refractivity contribution in [2.45, 2.75) is 12.6 Å². The molecule has 1 amide bonds. The van der Waals surface area contributed by atoms with Gasteiger partial charge in [-0.25, -0.2) is 4.79 Å². The van der Waals surface area contributed by atoms with Crippen molar-refractivity contribution in [2.24, 2.45) is 0 Å². The maximum absolute atomic E-state index is 13.0. The number of amides is 1. The van der Waals surface area contributed by atoms with Crippen molar-refractivity contribution in [2.75, 3.05) is 12.4 Å². The van der Waals surface area contributed by atoms with E-state index in [-0.39, 0.29) is 22.9 Å². The van der Waals surface area contributed by atoms with Crippen molar-refractivity contribution in [3.05, 3.63) is 88.7 Å². The summed E-state index contributed by atoms with van der Waals surface area (Å²) < 4.78 is 43.9. The molecule has 10 heteroatoms. The number of benzene rings is 2. The summed E-state index contributed by atoms with van der Waals surface area (Å²) in [5.41, 5.74) is 0.652. The van der Waals surface area contributed by atoms with Gasteiger partial charge in [0.15, 0.2) is 5.11 Å². The van der Waals surface area contributed by atoms with Crippen LogP contribution in [-0.4, -0.2) is 29.1 Å². The van der Waals surface area contributed by atoms with Crippen LogP contribution in [0.1, 0.15) is 37.5 Å². The number of H-pyrrole nitrogens is 1. The molecule has 3 aromatic rings. The first-order chi connectivity index (χ1) is 15.2. The highest BCUT2D eigenvalue weighted by Crippen LogP contribution is 2.31. The Morgan fingerprint density at radius 2 is 1.81 bits per heavy atom. The van der Waals surface area contributed by atoms with E-state index in [4.69, 9.17) is 17.0 Å². The highest BCUT2D eigenvalue weighted by Gasteiger charge is 2.30. The molecule has 3 rings (SSSR count). The third-order valence-corrected chi connectivity index (χ3v) is 4.71. The monoisotopic (exact) mass is 461 g/mol. The molecule has 0 fully saturated rings. The second-order valence-corrected chi connectivity index (χ2v) is 7.11. The molecule has 0 aliphatic carbocycles. The lowest BCUT2D eigenvalue weighted by atomic mass is 10.0. The molecule has 0 bridgehead atoms. The molecule has 6 nitrogen and oxygen atoms in total. The fraction of sp³-hybridized carbons (Fsp3) is 0.136. The maximum Gasteiger partial charge on any atom is 0.416 e. The minimum Gasteiger partial charge on any atom is -0.464 e. The lowest BCUT2D eigenvalue weighted by molar-refractivity contribution is -0.137. The van der Waals surface area contributed by atoms with Crippen molar-refractivity contribution in [1.82, 2.24) is 10.3 Å². The van der Waals surface area contributed by atoms with E-state index < -0.39 is 23.6 Å². The van der Waals surface area contributed by atoms with Gasteiger partial charge < -0.3 is 15.0 Å². The first kappa shape index (κ1) is 23.0. The summed E-state index contributed by atoms with van der Waals surface area (Å²) in [6, 6.07) is 13.2. The molecule has 0 spiro atoms. The van der Waals surface area contributed by atoms with Crippen LogP contribution in [0.5, 0.6) is 0 Å². The van der Waals surface area contributed by atoms with Crippen molar-refractivity contribution in [3.63, 3.8) is 0 Å². The maximum atomic E-state index is 13.0. The van der Waals surface area contributed by atoms with Gasteiger partial charge in [0, 0.05) is 18.2 Å². The van der Waals surface area contributed by atoms with Crippen LogP contribution in [0.2, 0.25) is 0 Å². The Balaban J connectivity index is 1.84. The first-order valence-corrected chi connectivity index (χ1v) is 9.72. The molecular formula is C22H18F3N3O3S. The van der Waals surface area contributed by atoms with Crippen molar-refractivity contribution in [1.29, 1.82) is 0 Å². The largest absolute Gasteiger partial charge is 0.464 e. The van der Waals surface area contributed by atoms with E-state index in [1.807, 2.05) is 0 Å². The molecule has 2 aromatic carbocycles. The van der Waals surface area contributed by atoms with E-state index in [2.05, 4.69) is 15.6 Å². The SMILES string of the molecule is COC(=O)c1[nH]cc(Cc2cccc(C(F)(F)F)c2)c1NC(=S)NC(=O)c1ccccc1. The molecule has 0 atom stereocenters. The summed E-state index contributed by atoms with van der Waals surface area (Å²) in [7, 11) is 1.19. The molecule has 1 aromatic heterocycles. The van der Waals surface area contributed by atoms with Crippen LogP contribution >= 0.6 is 12.2 Å². The number of hydrogen-bond donors (Lipinski definition) is 3. The molecule has 166 valence electrons. The number of aromatic nitrogens is 1. The fourth-order valence-corrected chi connectivity index (χ4v) is 3.19. The molecular weight excluding hydrogens is 443 g/mol. The number of carbonyl (C=O) groups is 2. The first-order valence-electron chi connectivity index (χ1n) is 9.31. The number of carbonyl (C=O) groups excluding carboxylic acids is 2. The topological polar surface area (TPSA) is 83.2 Å². The number of aromatic amines is 1. The number of halogens is 3. The van der Waals surface area contributed by atoms with Gasteiger partial charge in [-0.2, -0.15) is 13.2 Å². The standard InChI is InChI=1S/C22H18F3N3O3S/c1-31-20(30)18-17(27-21(32)28-19(29)14-7-3-2-4-8-14)15(12-26-18)10-13-6-5-9-16(11-13)22(23,24)25/h2-9,11-12,26H,10H2,1H3,(H2,27,28,29,32). The zero-order valence-electron chi connectivity index (χ0n) is 16.7. The number of nitrogens with one attached hydrogen (secondary N) is 3. The van der Waals surface area contributed by atoms with Gasteiger partial charge >= 0.3 is 12.1 Å². The number of hydrogen-bond acceptors (Lipinski definition) is 4. The molecule has 0 saturated carbocycles. The average molecular weight is 461 g/mol. The number of alkyl halides is 3. The molecule has 0 aliphatic rings. The minimum absolute atomic E-state index is 0.0192. The van der Waals surface area contributed by atoms with E-state index in [0.29, 0.717) is 16.7 Å². The molecule has 0 unspecified atom stereocenters. The molecule has 32 heavy (non-hydrogen) atoms. The van der Waals surface area contributed by atoms with Gasteiger partial charge in [0.05, 0.1) is 18.4 Å². The van der Waals surface area contributed by atoms with Crippen molar-refractivity contribution >= 4 is 34.9 Å². The Labute approximate surface area is 186 Å². The van der Waals surface area contributed by atoms with Crippen LogP contribution in [0.3, 0.4) is 0 Å². The van der Waals surface area contributed by atoms with Gasteiger partial charge in [-0.1, -0.05) is 36.4 Å². The Kier molecular flexibility index (Phi) is 6.94. The molecule has 0 aliphatic heterocycles. The van der Waals surface area contributed by atoms with E-state index in [1.54, 1.807) is 36.4 Å². The van der Waals surface area contributed by atoms with E-state index in [0.717, 1.165) is 12.1 Å². The quantitative estimate of drug-likeness (QED) is 0.384. The van der Waals surface area contributed by atoms with Crippen molar-refractivity contribution < 1.29 is 27.5 Å². The number of ether oxygens (including phenoxy) is 1. The number of thiocarbonyl (C=S) groups is 1. The lowest BCUT2D eigenvalue weighted by Gasteiger charge is -2.13. The van der Waals surface area contributed by atoms with Crippen LogP contribution in [0.25, 0.3) is 0 Å². The van der Waals surface area contributed by atoms with Gasteiger partial charge in [0.25, 0.3) is 5.91 Å². The summed E-state index contributed by atoms with van der Waals surface area (Å²) in [6.45, 7) is 0. The summed E-state index contributed by atoms with van der Waals surface area (Å²) >= 11 is 5.20. The van der Waals surface area contributed by atoms with Gasteiger partial charge in [-0.15, -0.1) is 0 Å². The molecule has 3 N–H and O–H groups in total. The average Bonchev–Trinajstić information content (AvgIpc) is 3.15. The Hall–Kier alpha value is -3.66. The fourth-order valence-electron chi connectivity index (χ4n) is 3.00. The van der Waals surface area contributed by atoms with Gasteiger partial charge in [0.2, 0.25) is 0 Å². The zero-order valence-corrected chi connectivity index (χ0v) is 17.6. The lowest BCUT2D eigenvalue weighted by Crippen LogP contribution is -2.34. The highest BCUT2D eigenvalue weighted by molar-refractivity contribution is 7.80. The number of rotatable bonds is 5. The summed E-state index contributed by atoms with van der Waals surface area (Å²) in [5.74, 6) is -1.17. The predicted octanol–water partition coefficient (Wildman–Crippen LogP) is 4.54. The van der Waals surface area contributed by atoms with Crippen LogP contribution in [0.4, 0.5) is 18.9 Å². The summed E-state index contributed by atoms with van der Waals surface area (Å²) in [6.07, 6.45) is -2.94. The van der Waals surface area contributed by atoms with Crippen LogP contribution in [-0.2, 0) is 17.3 Å². The molecule has 0 radical (unpaired) electrons. The van der Waals surface area contributed by atoms with E-state index >= 15 is 0 Å². The van der Waals surface area contributed by atoms with Gasteiger partial charge in [-0.3, -0.25) is 10.1 Å².